The summed E-state index contributed by atoms with van der Waals surface area (Å²) in [5, 5.41) is 6.05. The zero-order valence-electron chi connectivity index (χ0n) is 33.9. The summed E-state index contributed by atoms with van der Waals surface area (Å²) in [4.78, 5) is 25.9. The van der Waals surface area contributed by atoms with Crippen LogP contribution in [0.15, 0.2) is 30.3 Å². The number of hydrogen-bond donors (Lipinski definition) is 2. The van der Waals surface area contributed by atoms with Gasteiger partial charge in [0.25, 0.3) is 0 Å². The highest BCUT2D eigenvalue weighted by atomic mass is 16.5. The topological polar surface area (TPSA) is 67.4 Å². The van der Waals surface area contributed by atoms with E-state index < -0.39 is 6.04 Å². The molecule has 0 unspecified atom stereocenters. The molecule has 0 aliphatic rings. The van der Waals surface area contributed by atoms with Gasteiger partial charge in [0.05, 0.1) is 13.2 Å². The van der Waals surface area contributed by atoms with Crippen LogP contribution in [0, 0.1) is 0 Å². The van der Waals surface area contributed by atoms with Crippen LogP contribution in [0.2, 0.25) is 0 Å². The monoisotopic (exact) mass is 713 g/mol. The van der Waals surface area contributed by atoms with E-state index in [1.165, 1.54) is 173 Å². The SMILES string of the molecule is CCCCCCCCCCCCCCCCCCCCCC(=O)N[C@@H](COCc1ccccc1)C(=O)NCCCCCCCCCCCCCC. The molecule has 296 valence electrons. The molecule has 0 saturated heterocycles. The number of rotatable bonds is 39. The molecule has 1 rings (SSSR count). The van der Waals surface area contributed by atoms with Gasteiger partial charge in [0, 0.05) is 13.0 Å². The summed E-state index contributed by atoms with van der Waals surface area (Å²) >= 11 is 0. The van der Waals surface area contributed by atoms with Crippen molar-refractivity contribution >= 4 is 11.8 Å². The molecular weight excluding hydrogens is 629 g/mol. The third kappa shape index (κ3) is 32.5. The lowest BCUT2D eigenvalue weighted by atomic mass is 10.0. The van der Waals surface area contributed by atoms with E-state index in [4.69, 9.17) is 4.74 Å². The summed E-state index contributed by atoms with van der Waals surface area (Å²) in [6.45, 7) is 5.83. The molecule has 0 heterocycles. The Hall–Kier alpha value is -1.88. The number of nitrogens with one attached hydrogen (secondary N) is 2. The van der Waals surface area contributed by atoms with E-state index in [1.807, 2.05) is 30.3 Å². The average Bonchev–Trinajstić information content (AvgIpc) is 3.14. The van der Waals surface area contributed by atoms with Gasteiger partial charge in [0.15, 0.2) is 0 Å². The van der Waals surface area contributed by atoms with Crippen molar-refractivity contribution in [1.82, 2.24) is 10.6 Å². The molecule has 51 heavy (non-hydrogen) atoms. The van der Waals surface area contributed by atoms with Gasteiger partial charge in [-0.15, -0.1) is 0 Å². The zero-order chi connectivity index (χ0) is 36.7. The van der Waals surface area contributed by atoms with Gasteiger partial charge in [-0.3, -0.25) is 9.59 Å². The van der Waals surface area contributed by atoms with Gasteiger partial charge in [0.2, 0.25) is 11.8 Å². The van der Waals surface area contributed by atoms with E-state index >= 15 is 0 Å². The van der Waals surface area contributed by atoms with Crippen molar-refractivity contribution in [3.63, 3.8) is 0 Å². The molecule has 0 aromatic heterocycles. The van der Waals surface area contributed by atoms with Gasteiger partial charge in [-0.1, -0.05) is 230 Å². The number of benzene rings is 1. The van der Waals surface area contributed by atoms with E-state index in [0.29, 0.717) is 19.6 Å². The van der Waals surface area contributed by atoms with Crippen LogP contribution < -0.4 is 10.6 Å². The first-order valence-electron chi connectivity index (χ1n) is 22.4. The van der Waals surface area contributed by atoms with Crippen molar-refractivity contribution in [2.24, 2.45) is 0 Å². The van der Waals surface area contributed by atoms with Gasteiger partial charge in [0.1, 0.15) is 6.04 Å². The Morgan fingerprint density at radius 2 is 0.882 bits per heavy atom. The van der Waals surface area contributed by atoms with Crippen molar-refractivity contribution < 1.29 is 14.3 Å². The van der Waals surface area contributed by atoms with Crippen molar-refractivity contribution in [3.8, 4) is 0 Å². The molecule has 1 aromatic rings. The quantitative estimate of drug-likeness (QED) is 0.0668. The first kappa shape index (κ1) is 47.1. The Balaban J connectivity index is 2.11. The van der Waals surface area contributed by atoms with Crippen LogP contribution >= 0.6 is 0 Å². The van der Waals surface area contributed by atoms with Gasteiger partial charge >= 0.3 is 0 Å². The first-order valence-corrected chi connectivity index (χ1v) is 22.4. The summed E-state index contributed by atoms with van der Waals surface area (Å²) in [6.07, 6.45) is 41.5. The molecule has 0 fully saturated rings. The minimum absolute atomic E-state index is 0.0456. The lowest BCUT2D eigenvalue weighted by molar-refractivity contribution is -0.130. The van der Waals surface area contributed by atoms with Crippen LogP contribution in [-0.4, -0.2) is 31.0 Å². The zero-order valence-corrected chi connectivity index (χ0v) is 33.9. The summed E-state index contributed by atoms with van der Waals surface area (Å²) in [5.41, 5.74) is 1.06. The minimum atomic E-state index is -0.654. The number of carbonyl (C=O) groups excluding carboxylic acids is 2. The lowest BCUT2D eigenvalue weighted by Gasteiger charge is -2.19. The number of carbonyl (C=O) groups is 2. The fourth-order valence-corrected chi connectivity index (χ4v) is 6.98. The smallest absolute Gasteiger partial charge is 0.244 e. The van der Waals surface area contributed by atoms with Crippen molar-refractivity contribution in [2.45, 2.75) is 232 Å². The minimum Gasteiger partial charge on any atom is -0.374 e. The van der Waals surface area contributed by atoms with E-state index in [-0.39, 0.29) is 18.4 Å². The molecule has 0 saturated carbocycles. The third-order valence-electron chi connectivity index (χ3n) is 10.4. The molecule has 5 nitrogen and oxygen atoms in total. The maximum Gasteiger partial charge on any atom is 0.244 e. The average molecular weight is 713 g/mol. The summed E-state index contributed by atoms with van der Waals surface area (Å²) in [6, 6.07) is 9.33. The van der Waals surface area contributed by atoms with Crippen LogP contribution in [0.1, 0.15) is 225 Å². The lowest BCUT2D eigenvalue weighted by Crippen LogP contribution is -2.49. The Morgan fingerprint density at radius 1 is 0.510 bits per heavy atom. The highest BCUT2D eigenvalue weighted by Gasteiger charge is 2.20. The van der Waals surface area contributed by atoms with E-state index in [9.17, 15) is 9.59 Å². The molecule has 0 spiro atoms. The van der Waals surface area contributed by atoms with Gasteiger partial charge < -0.3 is 15.4 Å². The van der Waals surface area contributed by atoms with E-state index in [2.05, 4.69) is 24.5 Å². The van der Waals surface area contributed by atoms with Crippen molar-refractivity contribution in [1.29, 1.82) is 0 Å². The van der Waals surface area contributed by atoms with Gasteiger partial charge in [-0.2, -0.15) is 0 Å². The molecule has 5 heteroatoms. The Bertz CT molecular complexity index is 877. The van der Waals surface area contributed by atoms with Crippen LogP contribution in [0.5, 0.6) is 0 Å². The number of unbranched alkanes of at least 4 members (excludes halogenated alkanes) is 29. The highest BCUT2D eigenvalue weighted by molar-refractivity contribution is 5.87. The standard InChI is InChI=1S/C46H84N2O3/c1-3-5-7-9-11-13-15-17-18-19-20-21-22-23-24-26-28-30-35-39-45(49)48-44(42-51-41-43-37-33-32-34-38-43)46(50)47-40-36-31-29-27-25-16-14-12-10-8-6-4-2/h32-34,37-38,44H,3-31,35-36,39-42H2,1-2H3,(H,47,50)(H,48,49)/t44-/m0/s1. The molecule has 1 atom stereocenters. The van der Waals surface area contributed by atoms with Crippen LogP contribution in [0.3, 0.4) is 0 Å². The summed E-state index contributed by atoms with van der Waals surface area (Å²) in [5.74, 6) is -0.177. The summed E-state index contributed by atoms with van der Waals surface area (Å²) in [7, 11) is 0. The molecular formula is C46H84N2O3. The fourth-order valence-electron chi connectivity index (χ4n) is 6.98. The molecule has 0 bridgehead atoms. The predicted octanol–water partition coefficient (Wildman–Crippen LogP) is 13.3. The fraction of sp³-hybridized carbons (Fsp3) is 0.826. The maximum atomic E-state index is 13.1. The first-order chi connectivity index (χ1) is 25.2. The van der Waals surface area contributed by atoms with Gasteiger partial charge in [-0.25, -0.2) is 0 Å². The second-order valence-electron chi connectivity index (χ2n) is 15.4. The van der Waals surface area contributed by atoms with Crippen molar-refractivity contribution in [3.05, 3.63) is 35.9 Å². The Morgan fingerprint density at radius 3 is 1.29 bits per heavy atom. The largest absolute Gasteiger partial charge is 0.374 e. The molecule has 2 amide bonds. The van der Waals surface area contributed by atoms with Crippen LogP contribution in [0.4, 0.5) is 0 Å². The number of amides is 2. The van der Waals surface area contributed by atoms with E-state index in [0.717, 1.165) is 31.2 Å². The molecule has 0 radical (unpaired) electrons. The highest BCUT2D eigenvalue weighted by Crippen LogP contribution is 2.15. The molecule has 1 aromatic carbocycles. The van der Waals surface area contributed by atoms with Crippen LogP contribution in [-0.2, 0) is 20.9 Å². The van der Waals surface area contributed by atoms with E-state index in [1.54, 1.807) is 0 Å². The molecule has 0 aliphatic carbocycles. The maximum absolute atomic E-state index is 13.1. The Kier molecular flexibility index (Phi) is 35.0. The second-order valence-corrected chi connectivity index (χ2v) is 15.4. The predicted molar refractivity (Wildman–Crippen MR) is 220 cm³/mol. The summed E-state index contributed by atoms with van der Waals surface area (Å²) < 4.78 is 5.89. The molecule has 2 N–H and O–H groups in total. The Labute approximate surface area is 317 Å². The molecule has 0 aliphatic heterocycles. The van der Waals surface area contributed by atoms with Gasteiger partial charge in [-0.05, 0) is 18.4 Å². The number of ether oxygens (including phenoxy) is 1. The second kappa shape index (κ2) is 37.9. The van der Waals surface area contributed by atoms with Crippen molar-refractivity contribution in [2.75, 3.05) is 13.2 Å². The normalized spacial score (nSPS) is 11.9. The third-order valence-corrected chi connectivity index (χ3v) is 10.4. The van der Waals surface area contributed by atoms with Crippen LogP contribution in [0.25, 0.3) is 0 Å². The number of hydrogen-bond acceptors (Lipinski definition) is 3.